The van der Waals surface area contributed by atoms with Gasteiger partial charge < -0.3 is 15.9 Å². The van der Waals surface area contributed by atoms with E-state index in [1.165, 1.54) is 0 Å². The number of aliphatic carboxylic acids is 2. The molecule has 0 amide bonds. The fourth-order valence-electron chi connectivity index (χ4n) is 3.60. The maximum absolute atomic E-state index is 11.5. The highest BCUT2D eigenvalue weighted by atomic mass is 32.2. The van der Waals surface area contributed by atoms with E-state index in [4.69, 9.17) is 5.73 Å². The van der Waals surface area contributed by atoms with Crippen LogP contribution >= 0.6 is 11.8 Å². The summed E-state index contributed by atoms with van der Waals surface area (Å²) in [6, 6.07) is 7.92. The minimum Gasteiger partial charge on any atom is -0.481 e. The lowest BCUT2D eigenvalue weighted by atomic mass is 9.91. The summed E-state index contributed by atoms with van der Waals surface area (Å²) in [6.45, 7) is 1.99. The van der Waals surface area contributed by atoms with Crippen molar-refractivity contribution in [3.8, 4) is 0 Å². The molecule has 0 spiro atoms. The first-order valence-electron chi connectivity index (χ1n) is 6.83. The molecule has 1 aromatic carbocycles. The molecule has 5 unspecified atom stereocenters. The van der Waals surface area contributed by atoms with E-state index in [-0.39, 0.29) is 11.2 Å². The normalized spacial score (nSPS) is 37.0. The third-order valence-electron chi connectivity index (χ3n) is 4.60. The van der Waals surface area contributed by atoms with Gasteiger partial charge in [0.15, 0.2) is 0 Å². The van der Waals surface area contributed by atoms with Crippen LogP contribution in [-0.4, -0.2) is 32.9 Å². The van der Waals surface area contributed by atoms with Gasteiger partial charge in [-0.1, -0.05) is 17.7 Å². The molecule has 5 atom stereocenters. The van der Waals surface area contributed by atoms with E-state index < -0.39 is 29.3 Å². The van der Waals surface area contributed by atoms with Crippen molar-refractivity contribution in [1.82, 2.24) is 0 Å². The van der Waals surface area contributed by atoms with Crippen molar-refractivity contribution in [3.05, 3.63) is 29.8 Å². The lowest BCUT2D eigenvalue weighted by Crippen LogP contribution is -2.50. The second-order valence-corrected chi connectivity index (χ2v) is 7.30. The van der Waals surface area contributed by atoms with E-state index in [0.29, 0.717) is 6.42 Å². The zero-order chi connectivity index (χ0) is 15.4. The molecule has 0 heterocycles. The van der Waals surface area contributed by atoms with Gasteiger partial charge in [0.1, 0.15) is 5.54 Å². The van der Waals surface area contributed by atoms with E-state index >= 15 is 0 Å². The van der Waals surface area contributed by atoms with Gasteiger partial charge >= 0.3 is 11.9 Å². The molecule has 1 aromatic rings. The highest BCUT2D eigenvalue weighted by Gasteiger charge is 2.73. The number of fused-ring (bicyclic) bond motifs is 1. The van der Waals surface area contributed by atoms with Gasteiger partial charge in [0, 0.05) is 16.1 Å². The van der Waals surface area contributed by atoms with E-state index in [0.717, 1.165) is 10.5 Å². The lowest BCUT2D eigenvalue weighted by Gasteiger charge is -2.24. The number of hydrogen-bond donors (Lipinski definition) is 3. The number of carbonyl (C=O) groups is 2. The minimum absolute atomic E-state index is 0.0565. The number of carboxylic acids is 2. The van der Waals surface area contributed by atoms with Crippen molar-refractivity contribution in [2.24, 2.45) is 23.5 Å². The topological polar surface area (TPSA) is 101 Å². The smallest absolute Gasteiger partial charge is 0.324 e. The fourth-order valence-corrected chi connectivity index (χ4v) is 5.21. The lowest BCUT2D eigenvalue weighted by molar-refractivity contribution is -0.145. The monoisotopic (exact) mass is 307 g/mol. The number of rotatable bonds is 4. The van der Waals surface area contributed by atoms with Crippen LogP contribution in [0.4, 0.5) is 0 Å². The van der Waals surface area contributed by atoms with Gasteiger partial charge in [-0.3, -0.25) is 9.59 Å². The average molecular weight is 307 g/mol. The molecule has 0 aliphatic heterocycles. The molecule has 2 aliphatic rings. The number of nitrogens with two attached hydrogens (primary N) is 1. The summed E-state index contributed by atoms with van der Waals surface area (Å²) in [6.07, 6.45) is 0.319. The molecule has 0 bridgehead atoms. The Labute approximate surface area is 126 Å². The predicted octanol–water partition coefficient (Wildman–Crippen LogP) is 1.59. The van der Waals surface area contributed by atoms with Crippen LogP contribution < -0.4 is 5.73 Å². The maximum atomic E-state index is 11.5. The molecule has 112 valence electrons. The molecule has 0 saturated heterocycles. The fraction of sp³-hybridized carbons (Fsp3) is 0.467. The second kappa shape index (κ2) is 4.74. The number of hydrogen-bond acceptors (Lipinski definition) is 4. The maximum Gasteiger partial charge on any atom is 0.324 e. The van der Waals surface area contributed by atoms with Crippen LogP contribution in [0.25, 0.3) is 0 Å². The highest BCUT2D eigenvalue weighted by molar-refractivity contribution is 8.00. The predicted molar refractivity (Wildman–Crippen MR) is 78.1 cm³/mol. The molecule has 4 N–H and O–H groups in total. The molecular formula is C15H17NO4S. The molecule has 2 aliphatic carbocycles. The van der Waals surface area contributed by atoms with Gasteiger partial charge in [-0.15, -0.1) is 11.8 Å². The third-order valence-corrected chi connectivity index (χ3v) is 5.91. The van der Waals surface area contributed by atoms with Crippen LogP contribution in [0.15, 0.2) is 29.2 Å². The van der Waals surface area contributed by atoms with Crippen LogP contribution in [-0.2, 0) is 9.59 Å². The Morgan fingerprint density at radius 3 is 2.67 bits per heavy atom. The molecule has 3 rings (SSSR count). The van der Waals surface area contributed by atoms with Crippen molar-refractivity contribution in [1.29, 1.82) is 0 Å². The van der Waals surface area contributed by atoms with E-state index in [1.807, 2.05) is 31.2 Å². The second-order valence-electron chi connectivity index (χ2n) is 5.99. The van der Waals surface area contributed by atoms with Crippen LogP contribution in [0.1, 0.15) is 12.0 Å². The van der Waals surface area contributed by atoms with Crippen molar-refractivity contribution in [3.63, 3.8) is 0 Å². The zero-order valence-corrected chi connectivity index (χ0v) is 12.3. The Balaban J connectivity index is 1.84. The van der Waals surface area contributed by atoms with Gasteiger partial charge in [0.2, 0.25) is 0 Å². The quantitative estimate of drug-likeness (QED) is 0.781. The third kappa shape index (κ3) is 2.22. The first-order valence-corrected chi connectivity index (χ1v) is 7.71. The first-order chi connectivity index (χ1) is 9.84. The molecule has 2 saturated carbocycles. The van der Waals surface area contributed by atoms with Crippen molar-refractivity contribution >= 4 is 23.7 Å². The van der Waals surface area contributed by atoms with Gasteiger partial charge in [-0.2, -0.15) is 0 Å². The van der Waals surface area contributed by atoms with E-state index in [2.05, 4.69) is 0 Å². The summed E-state index contributed by atoms with van der Waals surface area (Å²) in [5, 5.41) is 18.6. The Bertz CT molecular complexity index is 619. The van der Waals surface area contributed by atoms with Crippen LogP contribution in [0, 0.1) is 24.7 Å². The standard InChI is InChI=1S/C15H17NO4S/c1-7-3-2-4-8(5-7)21-9-6-15(16,14(19)20)12-10(9)11(12)13(17)18/h2-5,9-12H,6,16H2,1H3,(H,17,18)(H,19,20). The minimum atomic E-state index is -1.41. The molecule has 21 heavy (non-hydrogen) atoms. The van der Waals surface area contributed by atoms with Crippen LogP contribution in [0.3, 0.4) is 0 Å². The Morgan fingerprint density at radius 2 is 2.10 bits per heavy atom. The van der Waals surface area contributed by atoms with Crippen LogP contribution in [0.5, 0.6) is 0 Å². The molecule has 2 fully saturated rings. The summed E-state index contributed by atoms with van der Waals surface area (Å²) >= 11 is 1.55. The largest absolute Gasteiger partial charge is 0.481 e. The number of thioether (sulfide) groups is 1. The van der Waals surface area contributed by atoms with Gasteiger partial charge in [-0.25, -0.2) is 0 Å². The summed E-state index contributed by atoms with van der Waals surface area (Å²) in [5.74, 6) is -3.24. The molecule has 0 aromatic heterocycles. The zero-order valence-electron chi connectivity index (χ0n) is 11.5. The molecule has 5 nitrogen and oxygen atoms in total. The highest BCUT2D eigenvalue weighted by Crippen LogP contribution is 2.65. The van der Waals surface area contributed by atoms with Crippen molar-refractivity contribution in [2.45, 2.75) is 29.0 Å². The molecule has 0 radical (unpaired) electrons. The summed E-state index contributed by atoms with van der Waals surface area (Å²) < 4.78 is 0. The number of aryl methyl sites for hydroxylation is 1. The van der Waals surface area contributed by atoms with Crippen LogP contribution in [0.2, 0.25) is 0 Å². The Kier molecular flexibility index (Phi) is 3.26. The SMILES string of the molecule is Cc1cccc(SC2CC(N)(C(=O)O)C3C(C(=O)O)C23)c1. The van der Waals surface area contributed by atoms with E-state index in [9.17, 15) is 19.8 Å². The van der Waals surface area contributed by atoms with Gasteiger partial charge in [-0.05, 0) is 31.4 Å². The summed E-state index contributed by atoms with van der Waals surface area (Å²) in [4.78, 5) is 23.8. The Hall–Kier alpha value is -1.53. The van der Waals surface area contributed by atoms with E-state index in [1.54, 1.807) is 11.8 Å². The number of carboxylic acid groups (broad SMARTS) is 2. The summed E-state index contributed by atoms with van der Waals surface area (Å²) in [7, 11) is 0. The number of benzene rings is 1. The average Bonchev–Trinajstić information content (AvgIpc) is 3.07. The Morgan fingerprint density at radius 1 is 1.38 bits per heavy atom. The van der Waals surface area contributed by atoms with Gasteiger partial charge in [0.05, 0.1) is 5.92 Å². The molecular weight excluding hydrogens is 290 g/mol. The molecule has 6 heteroatoms. The van der Waals surface area contributed by atoms with Crippen molar-refractivity contribution < 1.29 is 19.8 Å². The van der Waals surface area contributed by atoms with Gasteiger partial charge in [0.25, 0.3) is 0 Å². The van der Waals surface area contributed by atoms with Crippen molar-refractivity contribution in [2.75, 3.05) is 0 Å². The summed E-state index contributed by atoms with van der Waals surface area (Å²) in [5.41, 5.74) is 5.73. The first kappa shape index (κ1) is 14.4.